The largest absolute Gasteiger partial charge is 0.469 e. The van der Waals surface area contributed by atoms with Crippen molar-refractivity contribution in [3.63, 3.8) is 0 Å². The maximum absolute atomic E-state index is 11.5. The number of furan rings is 1. The molecule has 0 radical (unpaired) electrons. The van der Waals surface area contributed by atoms with Gasteiger partial charge in [-0.3, -0.25) is 4.57 Å². The highest BCUT2D eigenvalue weighted by Crippen LogP contribution is 2.34. The van der Waals surface area contributed by atoms with E-state index in [2.05, 4.69) is 15.9 Å². The lowest BCUT2D eigenvalue weighted by Gasteiger charge is -2.09. The predicted molar refractivity (Wildman–Crippen MR) is 75.7 cm³/mol. The molecule has 0 bridgehead atoms. The van der Waals surface area contributed by atoms with Crippen LogP contribution in [0.1, 0.15) is 21.7 Å². The average Bonchev–Trinajstić information content (AvgIpc) is 2.93. The maximum atomic E-state index is 11.5. The van der Waals surface area contributed by atoms with Gasteiger partial charge >= 0.3 is 5.76 Å². The van der Waals surface area contributed by atoms with E-state index in [1.165, 1.54) is 4.57 Å². The molecule has 0 saturated carbocycles. The number of rotatable bonds is 2. The minimum atomic E-state index is -0.349. The standard InChI is InChI=1S/C14H12BrNO3/c1-8-10(5-6-18-8)13(15)9-3-4-11-12(7-9)19-14(17)16(11)2/h3-7,13H,1-2H3. The van der Waals surface area contributed by atoms with Gasteiger partial charge in [0.1, 0.15) is 5.76 Å². The third-order valence-corrected chi connectivity index (χ3v) is 4.30. The van der Waals surface area contributed by atoms with Crippen LogP contribution in [0.3, 0.4) is 0 Å². The summed E-state index contributed by atoms with van der Waals surface area (Å²) in [7, 11) is 1.69. The molecule has 98 valence electrons. The summed E-state index contributed by atoms with van der Waals surface area (Å²) in [5.74, 6) is 0.522. The van der Waals surface area contributed by atoms with Crippen molar-refractivity contribution in [2.45, 2.75) is 11.8 Å². The summed E-state index contributed by atoms with van der Waals surface area (Å²) in [6.45, 7) is 1.92. The Bertz CT molecular complexity index is 796. The fraction of sp³-hybridized carbons (Fsp3) is 0.214. The summed E-state index contributed by atoms with van der Waals surface area (Å²) in [5.41, 5.74) is 3.47. The number of hydrogen-bond acceptors (Lipinski definition) is 3. The molecule has 1 aromatic carbocycles. The lowest BCUT2D eigenvalue weighted by molar-refractivity contribution is 0.527. The van der Waals surface area contributed by atoms with Gasteiger partial charge in [-0.2, -0.15) is 0 Å². The third kappa shape index (κ3) is 1.94. The molecule has 3 aromatic rings. The van der Waals surface area contributed by atoms with Crippen LogP contribution in [0.2, 0.25) is 0 Å². The van der Waals surface area contributed by atoms with Crippen LogP contribution >= 0.6 is 15.9 Å². The van der Waals surface area contributed by atoms with Crippen LogP contribution < -0.4 is 5.76 Å². The molecule has 2 heterocycles. The lowest BCUT2D eigenvalue weighted by Crippen LogP contribution is -2.08. The lowest BCUT2D eigenvalue weighted by atomic mass is 10.1. The Morgan fingerprint density at radius 2 is 2.11 bits per heavy atom. The second kappa shape index (κ2) is 4.42. The van der Waals surface area contributed by atoms with E-state index in [1.807, 2.05) is 31.2 Å². The van der Waals surface area contributed by atoms with Crippen molar-refractivity contribution in [2.24, 2.45) is 7.05 Å². The monoisotopic (exact) mass is 321 g/mol. The van der Waals surface area contributed by atoms with Crippen LogP contribution in [0.5, 0.6) is 0 Å². The van der Waals surface area contributed by atoms with Gasteiger partial charge in [0.2, 0.25) is 0 Å². The maximum Gasteiger partial charge on any atom is 0.419 e. The molecular formula is C14H12BrNO3. The molecule has 1 atom stereocenters. The van der Waals surface area contributed by atoms with Crippen LogP contribution in [0.15, 0.2) is 44.2 Å². The number of halogens is 1. The predicted octanol–water partition coefficient (Wildman–Crippen LogP) is 3.52. The zero-order chi connectivity index (χ0) is 13.6. The molecule has 0 amide bonds. The van der Waals surface area contributed by atoms with Crippen LogP contribution in [-0.2, 0) is 7.05 Å². The van der Waals surface area contributed by atoms with Crippen LogP contribution in [0.4, 0.5) is 0 Å². The van der Waals surface area contributed by atoms with E-state index in [0.717, 1.165) is 22.4 Å². The number of hydrogen-bond donors (Lipinski definition) is 0. The topological polar surface area (TPSA) is 48.3 Å². The highest BCUT2D eigenvalue weighted by molar-refractivity contribution is 9.09. The number of nitrogens with zero attached hydrogens (tertiary/aromatic N) is 1. The number of aryl methyl sites for hydroxylation is 2. The summed E-state index contributed by atoms with van der Waals surface area (Å²) in [5, 5.41) is 0. The smallest absolute Gasteiger partial charge is 0.419 e. The van der Waals surface area contributed by atoms with Gasteiger partial charge < -0.3 is 8.83 Å². The van der Waals surface area contributed by atoms with Gasteiger partial charge in [0, 0.05) is 12.6 Å². The zero-order valence-electron chi connectivity index (χ0n) is 10.5. The first-order valence-electron chi connectivity index (χ1n) is 5.85. The molecule has 1 unspecified atom stereocenters. The average molecular weight is 322 g/mol. The molecular weight excluding hydrogens is 310 g/mol. The Morgan fingerprint density at radius 3 is 2.79 bits per heavy atom. The molecule has 2 aromatic heterocycles. The highest BCUT2D eigenvalue weighted by atomic mass is 79.9. The van der Waals surface area contributed by atoms with Crippen molar-refractivity contribution >= 4 is 27.0 Å². The molecule has 0 aliphatic heterocycles. The van der Waals surface area contributed by atoms with E-state index in [9.17, 15) is 4.79 Å². The van der Waals surface area contributed by atoms with Crippen molar-refractivity contribution < 1.29 is 8.83 Å². The minimum absolute atomic E-state index is 0.0150. The number of oxazole rings is 1. The first-order valence-corrected chi connectivity index (χ1v) is 6.77. The van der Waals surface area contributed by atoms with Crippen molar-refractivity contribution in [3.8, 4) is 0 Å². The Hall–Kier alpha value is -1.75. The quantitative estimate of drug-likeness (QED) is 0.678. The summed E-state index contributed by atoms with van der Waals surface area (Å²) in [4.78, 5) is 11.5. The Kier molecular flexibility index (Phi) is 2.86. The Morgan fingerprint density at radius 1 is 1.32 bits per heavy atom. The van der Waals surface area contributed by atoms with E-state index in [1.54, 1.807) is 13.3 Å². The first-order chi connectivity index (χ1) is 9.08. The van der Waals surface area contributed by atoms with Gasteiger partial charge in [-0.1, -0.05) is 22.0 Å². The summed E-state index contributed by atoms with van der Waals surface area (Å²) >= 11 is 3.65. The van der Waals surface area contributed by atoms with Crippen LogP contribution in [0.25, 0.3) is 11.1 Å². The highest BCUT2D eigenvalue weighted by Gasteiger charge is 2.16. The van der Waals surface area contributed by atoms with Crippen molar-refractivity contribution in [1.29, 1.82) is 0 Å². The van der Waals surface area contributed by atoms with E-state index < -0.39 is 0 Å². The second-order valence-electron chi connectivity index (χ2n) is 4.45. The number of alkyl halides is 1. The minimum Gasteiger partial charge on any atom is -0.469 e. The number of fused-ring (bicyclic) bond motifs is 1. The Labute approximate surface area is 117 Å². The molecule has 19 heavy (non-hydrogen) atoms. The molecule has 0 spiro atoms. The van der Waals surface area contributed by atoms with Gasteiger partial charge in [-0.15, -0.1) is 0 Å². The summed E-state index contributed by atoms with van der Waals surface area (Å²) < 4.78 is 12.0. The molecule has 4 nitrogen and oxygen atoms in total. The molecule has 0 saturated heterocycles. The molecule has 0 aliphatic rings. The number of aromatic nitrogens is 1. The molecule has 0 fully saturated rings. The third-order valence-electron chi connectivity index (χ3n) is 3.28. The summed E-state index contributed by atoms with van der Waals surface area (Å²) in [6, 6.07) is 7.67. The molecule has 0 aliphatic carbocycles. The van der Waals surface area contributed by atoms with Crippen LogP contribution in [0, 0.1) is 6.92 Å². The van der Waals surface area contributed by atoms with Crippen LogP contribution in [-0.4, -0.2) is 4.57 Å². The molecule has 5 heteroatoms. The van der Waals surface area contributed by atoms with Crippen molar-refractivity contribution in [1.82, 2.24) is 4.57 Å². The SMILES string of the molecule is Cc1occc1C(Br)c1ccc2c(c1)oc(=O)n2C. The normalized spacial score (nSPS) is 13.0. The molecule has 3 rings (SSSR count). The number of benzene rings is 1. The van der Waals surface area contributed by atoms with Crippen molar-refractivity contribution in [2.75, 3.05) is 0 Å². The van der Waals surface area contributed by atoms with Crippen molar-refractivity contribution in [3.05, 3.63) is 58.0 Å². The zero-order valence-corrected chi connectivity index (χ0v) is 12.1. The fourth-order valence-corrected chi connectivity index (χ4v) is 2.91. The van der Waals surface area contributed by atoms with E-state index in [0.29, 0.717) is 5.58 Å². The van der Waals surface area contributed by atoms with E-state index in [-0.39, 0.29) is 10.6 Å². The first kappa shape index (κ1) is 12.3. The second-order valence-corrected chi connectivity index (χ2v) is 5.36. The van der Waals surface area contributed by atoms with Gasteiger partial charge in [0.25, 0.3) is 0 Å². The molecule has 0 N–H and O–H groups in total. The van der Waals surface area contributed by atoms with Gasteiger partial charge in [0.15, 0.2) is 5.58 Å². The van der Waals surface area contributed by atoms with E-state index >= 15 is 0 Å². The fourth-order valence-electron chi connectivity index (χ4n) is 2.15. The Balaban J connectivity index is 2.11. The van der Waals surface area contributed by atoms with Gasteiger partial charge in [-0.25, -0.2) is 4.79 Å². The van der Waals surface area contributed by atoms with Gasteiger partial charge in [0.05, 0.1) is 16.6 Å². The summed E-state index contributed by atoms with van der Waals surface area (Å²) in [6.07, 6.45) is 1.67. The van der Waals surface area contributed by atoms with Gasteiger partial charge in [-0.05, 0) is 30.7 Å². The van der Waals surface area contributed by atoms with E-state index in [4.69, 9.17) is 8.83 Å².